The second-order valence-electron chi connectivity index (χ2n) is 4.62. The largest absolute Gasteiger partial charge is 0.381 e. The third-order valence-corrected chi connectivity index (χ3v) is 4.09. The standard InChI is InChI=1S/C14H21BrClN/c1-4-10(3)8-12(5-2)17-14-9-11(16)6-7-13(14)15/h6-7,9-10,12,17H,4-5,8H2,1-3H3. The number of benzene rings is 1. The third-order valence-electron chi connectivity index (χ3n) is 3.16. The summed E-state index contributed by atoms with van der Waals surface area (Å²) in [5.41, 5.74) is 1.09. The highest BCUT2D eigenvalue weighted by Crippen LogP contribution is 2.28. The smallest absolute Gasteiger partial charge is 0.0501 e. The lowest BCUT2D eigenvalue weighted by atomic mass is 9.97. The van der Waals surface area contributed by atoms with Crippen molar-refractivity contribution in [3.05, 3.63) is 27.7 Å². The first-order valence-corrected chi connectivity index (χ1v) is 7.45. The van der Waals surface area contributed by atoms with Gasteiger partial charge < -0.3 is 5.32 Å². The Morgan fingerprint density at radius 2 is 2.00 bits per heavy atom. The zero-order valence-corrected chi connectivity index (χ0v) is 13.1. The lowest BCUT2D eigenvalue weighted by Crippen LogP contribution is -2.21. The zero-order valence-electron chi connectivity index (χ0n) is 10.8. The van der Waals surface area contributed by atoms with Gasteiger partial charge in [-0.2, -0.15) is 0 Å². The molecule has 0 saturated carbocycles. The van der Waals surface area contributed by atoms with E-state index in [0.29, 0.717) is 6.04 Å². The van der Waals surface area contributed by atoms with Crippen LogP contribution in [0, 0.1) is 5.92 Å². The van der Waals surface area contributed by atoms with Crippen molar-refractivity contribution in [3.63, 3.8) is 0 Å². The van der Waals surface area contributed by atoms with Crippen LogP contribution in [0.15, 0.2) is 22.7 Å². The quantitative estimate of drug-likeness (QED) is 0.706. The van der Waals surface area contributed by atoms with Crippen molar-refractivity contribution < 1.29 is 0 Å². The number of halogens is 2. The molecule has 1 rings (SSSR count). The Hall–Kier alpha value is -0.210. The van der Waals surface area contributed by atoms with Crippen molar-refractivity contribution in [1.82, 2.24) is 0 Å². The van der Waals surface area contributed by atoms with Gasteiger partial charge in [-0.3, -0.25) is 0 Å². The van der Waals surface area contributed by atoms with Crippen LogP contribution in [0.3, 0.4) is 0 Å². The van der Waals surface area contributed by atoms with Crippen molar-refractivity contribution >= 4 is 33.2 Å². The maximum absolute atomic E-state index is 6.02. The van der Waals surface area contributed by atoms with Gasteiger partial charge in [0.15, 0.2) is 0 Å². The first-order valence-electron chi connectivity index (χ1n) is 6.28. The summed E-state index contributed by atoms with van der Waals surface area (Å²) in [6.07, 6.45) is 3.56. The number of rotatable bonds is 6. The fourth-order valence-electron chi connectivity index (χ4n) is 1.81. The summed E-state index contributed by atoms with van der Waals surface area (Å²) in [5.74, 6) is 0.755. The Bertz CT molecular complexity index is 354. The molecule has 0 aliphatic heterocycles. The van der Waals surface area contributed by atoms with Gasteiger partial charge in [-0.25, -0.2) is 0 Å². The van der Waals surface area contributed by atoms with Crippen LogP contribution in [0.25, 0.3) is 0 Å². The molecule has 0 fully saturated rings. The summed E-state index contributed by atoms with van der Waals surface area (Å²) >= 11 is 9.57. The van der Waals surface area contributed by atoms with E-state index >= 15 is 0 Å². The Balaban J connectivity index is 2.69. The normalized spacial score (nSPS) is 14.4. The zero-order chi connectivity index (χ0) is 12.8. The molecule has 96 valence electrons. The molecule has 2 unspecified atom stereocenters. The molecule has 0 aliphatic carbocycles. The highest BCUT2D eigenvalue weighted by molar-refractivity contribution is 9.10. The summed E-state index contributed by atoms with van der Waals surface area (Å²) in [6, 6.07) is 6.37. The summed E-state index contributed by atoms with van der Waals surface area (Å²) in [7, 11) is 0. The summed E-state index contributed by atoms with van der Waals surface area (Å²) in [4.78, 5) is 0. The van der Waals surface area contributed by atoms with Gasteiger partial charge in [0.2, 0.25) is 0 Å². The monoisotopic (exact) mass is 317 g/mol. The van der Waals surface area contributed by atoms with Gasteiger partial charge in [0, 0.05) is 15.5 Å². The molecule has 17 heavy (non-hydrogen) atoms. The molecule has 0 spiro atoms. The molecular weight excluding hydrogens is 298 g/mol. The van der Waals surface area contributed by atoms with E-state index < -0.39 is 0 Å². The van der Waals surface area contributed by atoms with Gasteiger partial charge in [-0.1, -0.05) is 38.8 Å². The van der Waals surface area contributed by atoms with E-state index in [1.165, 1.54) is 12.8 Å². The second-order valence-corrected chi connectivity index (χ2v) is 5.91. The average Bonchev–Trinajstić information content (AvgIpc) is 2.32. The van der Waals surface area contributed by atoms with Crippen LogP contribution in [0.1, 0.15) is 40.0 Å². The number of hydrogen-bond acceptors (Lipinski definition) is 1. The lowest BCUT2D eigenvalue weighted by Gasteiger charge is -2.22. The number of hydrogen-bond donors (Lipinski definition) is 1. The molecule has 0 aliphatic rings. The third kappa shape index (κ3) is 4.89. The van der Waals surface area contributed by atoms with Crippen molar-refractivity contribution in [2.24, 2.45) is 5.92 Å². The number of anilines is 1. The van der Waals surface area contributed by atoms with E-state index in [-0.39, 0.29) is 0 Å². The minimum absolute atomic E-state index is 0.514. The van der Waals surface area contributed by atoms with Gasteiger partial charge in [0.1, 0.15) is 0 Å². The molecule has 1 nitrogen and oxygen atoms in total. The van der Waals surface area contributed by atoms with E-state index in [4.69, 9.17) is 11.6 Å². The maximum atomic E-state index is 6.02. The van der Waals surface area contributed by atoms with E-state index in [1.54, 1.807) is 0 Å². The molecule has 2 atom stereocenters. The van der Waals surface area contributed by atoms with Crippen LogP contribution in [0.4, 0.5) is 5.69 Å². The van der Waals surface area contributed by atoms with E-state index in [0.717, 1.165) is 27.5 Å². The van der Waals surface area contributed by atoms with E-state index in [2.05, 4.69) is 42.0 Å². The molecule has 0 bridgehead atoms. The molecule has 3 heteroatoms. The van der Waals surface area contributed by atoms with Crippen LogP contribution < -0.4 is 5.32 Å². The Morgan fingerprint density at radius 1 is 1.29 bits per heavy atom. The SMILES string of the molecule is CCC(C)CC(CC)Nc1cc(Cl)ccc1Br. The molecule has 1 aromatic carbocycles. The van der Waals surface area contributed by atoms with Crippen molar-refractivity contribution in [1.29, 1.82) is 0 Å². The highest BCUT2D eigenvalue weighted by Gasteiger charge is 2.11. The first-order chi connectivity index (χ1) is 8.06. The van der Waals surface area contributed by atoms with Gasteiger partial charge in [0.05, 0.1) is 5.69 Å². The fourth-order valence-corrected chi connectivity index (χ4v) is 2.34. The van der Waals surface area contributed by atoms with Gasteiger partial charge in [0.25, 0.3) is 0 Å². The highest BCUT2D eigenvalue weighted by atomic mass is 79.9. The maximum Gasteiger partial charge on any atom is 0.0501 e. The van der Waals surface area contributed by atoms with Crippen LogP contribution in [0.5, 0.6) is 0 Å². The number of nitrogens with one attached hydrogen (secondary N) is 1. The topological polar surface area (TPSA) is 12.0 Å². The molecule has 1 aromatic rings. The van der Waals surface area contributed by atoms with E-state index in [9.17, 15) is 0 Å². The molecule has 1 N–H and O–H groups in total. The van der Waals surface area contributed by atoms with Crippen LogP contribution in [-0.4, -0.2) is 6.04 Å². The average molecular weight is 319 g/mol. The second kappa shape index (κ2) is 7.27. The van der Waals surface area contributed by atoms with Crippen molar-refractivity contribution in [2.45, 2.75) is 46.1 Å². The van der Waals surface area contributed by atoms with Gasteiger partial charge >= 0.3 is 0 Å². The summed E-state index contributed by atoms with van der Waals surface area (Å²) in [6.45, 7) is 6.77. The van der Waals surface area contributed by atoms with Crippen LogP contribution in [-0.2, 0) is 0 Å². The fraction of sp³-hybridized carbons (Fsp3) is 0.571. The summed E-state index contributed by atoms with van der Waals surface area (Å²) in [5, 5.41) is 4.34. The van der Waals surface area contributed by atoms with Gasteiger partial charge in [-0.05, 0) is 52.9 Å². The molecule has 0 heterocycles. The first kappa shape index (κ1) is 14.8. The van der Waals surface area contributed by atoms with Crippen LogP contribution >= 0.6 is 27.5 Å². The Labute approximate surface area is 118 Å². The molecule has 0 aromatic heterocycles. The van der Waals surface area contributed by atoms with Crippen molar-refractivity contribution in [2.75, 3.05) is 5.32 Å². The van der Waals surface area contributed by atoms with Gasteiger partial charge in [-0.15, -0.1) is 0 Å². The molecular formula is C14H21BrClN. The lowest BCUT2D eigenvalue weighted by molar-refractivity contribution is 0.461. The Morgan fingerprint density at radius 3 is 2.59 bits per heavy atom. The summed E-state index contributed by atoms with van der Waals surface area (Å²) < 4.78 is 1.07. The molecule has 0 amide bonds. The molecule has 0 saturated heterocycles. The van der Waals surface area contributed by atoms with E-state index in [1.807, 2.05) is 18.2 Å². The predicted octanol–water partition coefficient (Wildman–Crippen LogP) is 5.73. The molecule has 0 radical (unpaired) electrons. The Kier molecular flexibility index (Phi) is 6.35. The minimum Gasteiger partial charge on any atom is -0.381 e. The van der Waals surface area contributed by atoms with Crippen molar-refractivity contribution in [3.8, 4) is 0 Å². The van der Waals surface area contributed by atoms with Crippen LogP contribution in [0.2, 0.25) is 5.02 Å². The predicted molar refractivity (Wildman–Crippen MR) is 80.9 cm³/mol. The minimum atomic E-state index is 0.514.